The van der Waals surface area contributed by atoms with Gasteiger partial charge in [0.2, 0.25) is 0 Å². The topological polar surface area (TPSA) is 58.9 Å². The van der Waals surface area contributed by atoms with Crippen LogP contribution in [0.4, 0.5) is 0 Å². The molecule has 0 bridgehead atoms. The molecule has 0 saturated heterocycles. The van der Waals surface area contributed by atoms with Gasteiger partial charge in [-0.05, 0) is 46.6 Å². The fourth-order valence-electron chi connectivity index (χ4n) is 3.64. The molecule has 0 amide bonds. The largest absolute Gasteiger partial charge is 0.491 e. The van der Waals surface area contributed by atoms with Crippen molar-refractivity contribution in [3.8, 4) is 11.5 Å². The molecule has 4 heteroatoms. The van der Waals surface area contributed by atoms with E-state index in [2.05, 4.69) is 79.7 Å². The Hall–Kier alpha value is -2.04. The molecule has 172 valence electrons. The summed E-state index contributed by atoms with van der Waals surface area (Å²) in [6, 6.07) is 12.6. The molecule has 2 rings (SSSR count). The van der Waals surface area contributed by atoms with Crippen LogP contribution in [0.5, 0.6) is 11.5 Å². The van der Waals surface area contributed by atoms with Gasteiger partial charge in [0.25, 0.3) is 0 Å². The van der Waals surface area contributed by atoms with Crippen LogP contribution in [0.3, 0.4) is 0 Å². The molecular weight excluding hydrogens is 388 g/mol. The number of aliphatic hydroxyl groups is 2. The Balaban J connectivity index is 2.57. The van der Waals surface area contributed by atoms with E-state index >= 15 is 0 Å². The lowest BCUT2D eigenvalue weighted by molar-refractivity contribution is 0.185. The Morgan fingerprint density at radius 2 is 1.29 bits per heavy atom. The molecule has 0 radical (unpaired) electrons. The summed E-state index contributed by atoms with van der Waals surface area (Å²) in [6.07, 6.45) is 0. The summed E-state index contributed by atoms with van der Waals surface area (Å²) in [5.74, 6) is 1.63. The molecule has 0 heterocycles. The minimum atomic E-state index is -0.224. The third-order valence-electron chi connectivity index (χ3n) is 6.82. The third kappa shape index (κ3) is 5.42. The zero-order valence-corrected chi connectivity index (χ0v) is 20.5. The first-order valence-electron chi connectivity index (χ1n) is 11.1. The number of rotatable bonds is 9. The van der Waals surface area contributed by atoms with E-state index in [1.807, 2.05) is 12.1 Å². The van der Waals surface area contributed by atoms with Crippen molar-refractivity contribution in [2.75, 3.05) is 26.4 Å². The maximum atomic E-state index is 9.33. The number of aryl methyl sites for hydroxylation is 1. The highest BCUT2D eigenvalue weighted by atomic mass is 16.5. The molecule has 31 heavy (non-hydrogen) atoms. The van der Waals surface area contributed by atoms with Gasteiger partial charge in [-0.3, -0.25) is 0 Å². The standard InChI is InChI=1S/C27H40O4/c1-19-17-21(26(5,6)20-9-11-22(12-10-20)30-15-13-28)18-23(24(19)31-16-14-29)27(7,8)25(2,3)4/h9-12,17-18,28-29H,13-16H2,1-8H3. The third-order valence-corrected chi connectivity index (χ3v) is 6.82. The van der Waals surface area contributed by atoms with Gasteiger partial charge in [-0.25, -0.2) is 0 Å². The molecule has 0 aliphatic carbocycles. The summed E-state index contributed by atoms with van der Waals surface area (Å²) in [6.45, 7) is 18.4. The Morgan fingerprint density at radius 1 is 0.742 bits per heavy atom. The molecule has 0 unspecified atom stereocenters. The van der Waals surface area contributed by atoms with Crippen molar-refractivity contribution in [1.82, 2.24) is 0 Å². The summed E-state index contributed by atoms with van der Waals surface area (Å²) >= 11 is 0. The highest BCUT2D eigenvalue weighted by Gasteiger charge is 2.38. The SMILES string of the molecule is Cc1cc(C(C)(C)c2ccc(OCCO)cc2)cc(C(C)(C)C(C)(C)C)c1OCCO. The molecule has 0 atom stereocenters. The summed E-state index contributed by atoms with van der Waals surface area (Å²) in [7, 11) is 0. The van der Waals surface area contributed by atoms with Gasteiger partial charge >= 0.3 is 0 Å². The van der Waals surface area contributed by atoms with E-state index in [4.69, 9.17) is 14.6 Å². The van der Waals surface area contributed by atoms with Gasteiger partial charge < -0.3 is 19.7 Å². The zero-order valence-electron chi connectivity index (χ0n) is 20.5. The summed E-state index contributed by atoms with van der Waals surface area (Å²) < 4.78 is 11.6. The van der Waals surface area contributed by atoms with Gasteiger partial charge in [-0.2, -0.15) is 0 Å². The van der Waals surface area contributed by atoms with E-state index in [9.17, 15) is 5.11 Å². The maximum absolute atomic E-state index is 9.33. The average Bonchev–Trinajstić information content (AvgIpc) is 2.70. The van der Waals surface area contributed by atoms with E-state index < -0.39 is 0 Å². The van der Waals surface area contributed by atoms with Crippen molar-refractivity contribution in [3.63, 3.8) is 0 Å². The predicted octanol–water partition coefficient (Wildman–Crippen LogP) is 5.39. The van der Waals surface area contributed by atoms with Crippen molar-refractivity contribution in [2.24, 2.45) is 5.41 Å². The van der Waals surface area contributed by atoms with Crippen molar-refractivity contribution < 1.29 is 19.7 Å². The molecule has 0 aromatic heterocycles. The highest BCUT2D eigenvalue weighted by molar-refractivity contribution is 5.52. The first-order chi connectivity index (χ1) is 14.4. The summed E-state index contributed by atoms with van der Waals surface area (Å²) in [5.41, 5.74) is 4.30. The number of benzene rings is 2. The normalized spacial score (nSPS) is 12.7. The maximum Gasteiger partial charge on any atom is 0.126 e. The second-order valence-corrected chi connectivity index (χ2v) is 10.3. The number of hydrogen-bond acceptors (Lipinski definition) is 4. The quantitative estimate of drug-likeness (QED) is 0.562. The molecule has 2 aromatic rings. The predicted molar refractivity (Wildman–Crippen MR) is 127 cm³/mol. The van der Waals surface area contributed by atoms with Crippen LogP contribution < -0.4 is 9.47 Å². The van der Waals surface area contributed by atoms with Gasteiger partial charge in [0, 0.05) is 11.0 Å². The van der Waals surface area contributed by atoms with Crippen LogP contribution in [-0.4, -0.2) is 36.6 Å². The molecular formula is C27H40O4. The molecule has 0 saturated carbocycles. The Bertz CT molecular complexity index is 858. The van der Waals surface area contributed by atoms with Crippen LogP contribution in [0.2, 0.25) is 0 Å². The zero-order chi connectivity index (χ0) is 23.4. The molecule has 4 nitrogen and oxygen atoms in total. The Labute approximate surface area is 188 Å². The lowest BCUT2D eigenvalue weighted by Gasteiger charge is -2.41. The van der Waals surface area contributed by atoms with Crippen LogP contribution in [0.15, 0.2) is 36.4 Å². The van der Waals surface area contributed by atoms with E-state index in [-0.39, 0.29) is 36.1 Å². The lowest BCUT2D eigenvalue weighted by atomic mass is 9.64. The average molecular weight is 429 g/mol. The van der Waals surface area contributed by atoms with Crippen molar-refractivity contribution in [3.05, 3.63) is 58.7 Å². The minimum absolute atomic E-state index is 0.00353. The van der Waals surface area contributed by atoms with Gasteiger partial charge in [0.15, 0.2) is 0 Å². The fourth-order valence-corrected chi connectivity index (χ4v) is 3.64. The van der Waals surface area contributed by atoms with E-state index in [1.165, 1.54) is 16.7 Å². The number of ether oxygens (including phenoxy) is 2. The van der Waals surface area contributed by atoms with Crippen LogP contribution in [-0.2, 0) is 10.8 Å². The molecule has 0 aliphatic heterocycles. The van der Waals surface area contributed by atoms with Crippen molar-refractivity contribution in [1.29, 1.82) is 0 Å². The highest BCUT2D eigenvalue weighted by Crippen LogP contribution is 2.47. The van der Waals surface area contributed by atoms with E-state index in [1.54, 1.807) is 0 Å². The first kappa shape index (κ1) is 25.2. The van der Waals surface area contributed by atoms with E-state index in [0.29, 0.717) is 6.61 Å². The summed E-state index contributed by atoms with van der Waals surface area (Å²) in [4.78, 5) is 0. The summed E-state index contributed by atoms with van der Waals surface area (Å²) in [5, 5.41) is 18.3. The van der Waals surface area contributed by atoms with Crippen LogP contribution in [0.25, 0.3) is 0 Å². The van der Waals surface area contributed by atoms with Crippen molar-refractivity contribution in [2.45, 2.75) is 66.2 Å². The van der Waals surface area contributed by atoms with Crippen molar-refractivity contribution >= 4 is 0 Å². The lowest BCUT2D eigenvalue weighted by Crippen LogP contribution is -2.35. The van der Waals surface area contributed by atoms with Gasteiger partial charge in [0.05, 0.1) is 13.2 Å². The van der Waals surface area contributed by atoms with Gasteiger partial charge in [-0.15, -0.1) is 0 Å². The molecule has 2 N–H and O–H groups in total. The van der Waals surface area contributed by atoms with Crippen LogP contribution in [0, 0.1) is 12.3 Å². The smallest absolute Gasteiger partial charge is 0.126 e. The molecule has 0 fully saturated rings. The van der Waals surface area contributed by atoms with Gasteiger partial charge in [-0.1, -0.05) is 72.7 Å². The fraction of sp³-hybridized carbons (Fsp3) is 0.556. The second-order valence-electron chi connectivity index (χ2n) is 10.3. The number of aliphatic hydroxyl groups excluding tert-OH is 2. The van der Waals surface area contributed by atoms with E-state index in [0.717, 1.165) is 17.1 Å². The molecule has 0 spiro atoms. The first-order valence-corrected chi connectivity index (χ1v) is 11.1. The minimum Gasteiger partial charge on any atom is -0.491 e. The molecule has 0 aliphatic rings. The Kier molecular flexibility index (Phi) is 7.83. The number of hydrogen-bond donors (Lipinski definition) is 2. The van der Waals surface area contributed by atoms with Crippen LogP contribution in [0.1, 0.15) is 70.7 Å². The monoisotopic (exact) mass is 428 g/mol. The van der Waals surface area contributed by atoms with Gasteiger partial charge in [0.1, 0.15) is 24.7 Å². The second kappa shape index (κ2) is 9.62. The Morgan fingerprint density at radius 3 is 1.81 bits per heavy atom. The van der Waals surface area contributed by atoms with Crippen LogP contribution >= 0.6 is 0 Å². The molecule has 2 aromatic carbocycles.